The molecule has 1 aromatic heterocycles. The molecule has 1 unspecified atom stereocenters. The number of fused-ring (bicyclic) bond motifs is 1. The van der Waals surface area contributed by atoms with Crippen molar-refractivity contribution in [3.63, 3.8) is 0 Å². The van der Waals surface area contributed by atoms with Crippen LogP contribution in [0.3, 0.4) is 0 Å². The molecule has 4 rings (SSSR count). The van der Waals surface area contributed by atoms with E-state index in [-0.39, 0.29) is 0 Å². The Balaban J connectivity index is 1.85. The van der Waals surface area contributed by atoms with E-state index in [4.69, 9.17) is 0 Å². The minimum atomic E-state index is -0.598. The van der Waals surface area contributed by atoms with Crippen LogP contribution >= 0.6 is 0 Å². The lowest BCUT2D eigenvalue weighted by atomic mass is 9.88. The van der Waals surface area contributed by atoms with E-state index >= 15 is 0 Å². The molecule has 0 saturated carbocycles. The van der Waals surface area contributed by atoms with Gasteiger partial charge in [0.2, 0.25) is 0 Å². The van der Waals surface area contributed by atoms with Crippen LogP contribution in [0.15, 0.2) is 91.1 Å². The van der Waals surface area contributed by atoms with Crippen molar-refractivity contribution in [2.45, 2.75) is 5.92 Å². The zero-order chi connectivity index (χ0) is 18.6. The lowest BCUT2D eigenvalue weighted by Gasteiger charge is -2.17. The number of hydrogen-bond acceptors (Lipinski definition) is 3. The van der Waals surface area contributed by atoms with Gasteiger partial charge < -0.3 is 0 Å². The van der Waals surface area contributed by atoms with Gasteiger partial charge in [0.25, 0.3) is 5.91 Å². The summed E-state index contributed by atoms with van der Waals surface area (Å²) in [5.74, 6) is -1.06. The van der Waals surface area contributed by atoms with Gasteiger partial charge in [0.15, 0.2) is 0 Å². The second-order valence-corrected chi connectivity index (χ2v) is 6.33. The van der Waals surface area contributed by atoms with Crippen molar-refractivity contribution in [1.29, 1.82) is 0 Å². The summed E-state index contributed by atoms with van der Waals surface area (Å²) >= 11 is 0. The molecule has 1 atom stereocenters. The van der Waals surface area contributed by atoms with Crippen LogP contribution < -0.4 is 5.48 Å². The van der Waals surface area contributed by atoms with Crippen LogP contribution in [0, 0.1) is 0 Å². The average Bonchev–Trinajstić information content (AvgIpc) is 2.74. The molecule has 0 radical (unpaired) electrons. The molecule has 4 nitrogen and oxygen atoms in total. The highest BCUT2D eigenvalue weighted by Gasteiger charge is 2.22. The van der Waals surface area contributed by atoms with Gasteiger partial charge in [-0.05, 0) is 28.8 Å². The second kappa shape index (κ2) is 7.40. The predicted octanol–water partition coefficient (Wildman–Crippen LogP) is 4.54. The van der Waals surface area contributed by atoms with Crippen LogP contribution in [-0.4, -0.2) is 16.1 Å². The Hall–Kier alpha value is -3.50. The molecule has 1 heterocycles. The molecule has 4 heteroatoms. The Morgan fingerprint density at radius 3 is 2.41 bits per heavy atom. The number of nitrogens with one attached hydrogen (secondary N) is 1. The van der Waals surface area contributed by atoms with E-state index in [1.54, 1.807) is 11.7 Å². The van der Waals surface area contributed by atoms with Crippen molar-refractivity contribution in [3.8, 4) is 11.1 Å². The molecule has 0 saturated heterocycles. The molecule has 2 N–H and O–H groups in total. The van der Waals surface area contributed by atoms with Crippen molar-refractivity contribution in [2.24, 2.45) is 0 Å². The summed E-state index contributed by atoms with van der Waals surface area (Å²) in [6.07, 6.45) is 1.78. The molecular weight excluding hydrogens is 336 g/mol. The zero-order valence-corrected chi connectivity index (χ0v) is 14.5. The number of hydroxylamine groups is 1. The highest BCUT2D eigenvalue weighted by molar-refractivity contribution is 5.94. The number of pyridine rings is 1. The number of benzene rings is 3. The number of carbonyl (C=O) groups is 1. The van der Waals surface area contributed by atoms with Gasteiger partial charge in [0, 0.05) is 17.1 Å². The fraction of sp³-hybridized carbons (Fsp3) is 0.0435. The molecule has 4 aromatic rings. The van der Waals surface area contributed by atoms with Crippen LogP contribution in [0.25, 0.3) is 22.0 Å². The summed E-state index contributed by atoms with van der Waals surface area (Å²) in [7, 11) is 0. The lowest BCUT2D eigenvalue weighted by molar-refractivity contribution is -0.129. The summed E-state index contributed by atoms with van der Waals surface area (Å²) in [4.78, 5) is 16.9. The molecule has 1 amide bonds. The number of rotatable bonds is 4. The summed E-state index contributed by atoms with van der Waals surface area (Å²) < 4.78 is 0. The van der Waals surface area contributed by atoms with Crippen molar-refractivity contribution >= 4 is 16.8 Å². The van der Waals surface area contributed by atoms with Crippen molar-refractivity contribution in [3.05, 3.63) is 102 Å². The van der Waals surface area contributed by atoms with E-state index in [2.05, 4.69) is 4.98 Å². The fourth-order valence-corrected chi connectivity index (χ4v) is 3.43. The van der Waals surface area contributed by atoms with Gasteiger partial charge in [-0.1, -0.05) is 72.8 Å². The zero-order valence-electron chi connectivity index (χ0n) is 14.5. The van der Waals surface area contributed by atoms with Crippen LogP contribution in [0.1, 0.15) is 17.0 Å². The van der Waals surface area contributed by atoms with Crippen LogP contribution in [0.4, 0.5) is 0 Å². The van der Waals surface area contributed by atoms with Gasteiger partial charge >= 0.3 is 0 Å². The molecule has 0 bridgehead atoms. The summed E-state index contributed by atoms with van der Waals surface area (Å²) in [6.45, 7) is 0. The predicted molar refractivity (Wildman–Crippen MR) is 105 cm³/mol. The van der Waals surface area contributed by atoms with Crippen molar-refractivity contribution in [2.75, 3.05) is 0 Å². The van der Waals surface area contributed by atoms with Gasteiger partial charge in [-0.3, -0.25) is 15.0 Å². The molecule has 0 aliphatic rings. The van der Waals surface area contributed by atoms with E-state index < -0.39 is 11.8 Å². The number of amides is 1. The van der Waals surface area contributed by atoms with Crippen LogP contribution in [0.2, 0.25) is 0 Å². The number of aromatic nitrogens is 1. The summed E-state index contributed by atoms with van der Waals surface area (Å²) in [5.41, 5.74) is 6.32. The normalized spacial score (nSPS) is 11.9. The first-order valence-electron chi connectivity index (χ1n) is 8.71. The Kier molecular flexibility index (Phi) is 4.64. The van der Waals surface area contributed by atoms with Crippen molar-refractivity contribution < 1.29 is 10.0 Å². The Morgan fingerprint density at radius 1 is 0.852 bits per heavy atom. The first-order valence-corrected chi connectivity index (χ1v) is 8.71. The van der Waals surface area contributed by atoms with Gasteiger partial charge in [0.05, 0.1) is 11.4 Å². The maximum atomic E-state index is 12.4. The first-order chi connectivity index (χ1) is 13.3. The largest absolute Gasteiger partial charge is 0.289 e. The van der Waals surface area contributed by atoms with Crippen LogP contribution in [-0.2, 0) is 4.79 Å². The Bertz CT molecular complexity index is 1090. The Labute approximate surface area is 157 Å². The molecular formula is C23H18N2O2. The van der Waals surface area contributed by atoms with Gasteiger partial charge in [-0.15, -0.1) is 0 Å². The highest BCUT2D eigenvalue weighted by atomic mass is 16.5. The molecule has 0 aliphatic heterocycles. The average molecular weight is 354 g/mol. The van der Waals surface area contributed by atoms with E-state index in [0.717, 1.165) is 33.2 Å². The van der Waals surface area contributed by atoms with Crippen LogP contribution in [0.5, 0.6) is 0 Å². The monoisotopic (exact) mass is 354 g/mol. The van der Waals surface area contributed by atoms with E-state index in [0.29, 0.717) is 0 Å². The number of carbonyl (C=O) groups excluding carboxylic acids is 1. The SMILES string of the molecule is O=C(NO)C(c1ccccc1)c1cccc(-c2cccc3cccnc23)c1. The van der Waals surface area contributed by atoms with E-state index in [9.17, 15) is 10.0 Å². The standard InChI is InChI=1S/C23H18N2O2/c26-23(25-27)21(16-7-2-1-3-8-16)19-11-4-10-18(15-19)20-13-5-9-17-12-6-14-24-22(17)20/h1-15,21,27H,(H,25,26). The Morgan fingerprint density at radius 2 is 1.59 bits per heavy atom. The maximum Gasteiger partial charge on any atom is 0.255 e. The molecule has 0 spiro atoms. The smallest absolute Gasteiger partial charge is 0.255 e. The van der Waals surface area contributed by atoms with Gasteiger partial charge in [-0.25, -0.2) is 5.48 Å². The summed E-state index contributed by atoms with van der Waals surface area (Å²) in [6, 6.07) is 27.2. The quantitative estimate of drug-likeness (QED) is 0.418. The highest BCUT2D eigenvalue weighted by Crippen LogP contribution is 2.31. The van der Waals surface area contributed by atoms with Crippen molar-refractivity contribution in [1.82, 2.24) is 10.5 Å². The minimum Gasteiger partial charge on any atom is -0.289 e. The maximum absolute atomic E-state index is 12.4. The molecule has 0 fully saturated rings. The first kappa shape index (κ1) is 16.9. The third-order valence-electron chi connectivity index (χ3n) is 4.67. The minimum absolute atomic E-state index is 0.464. The van der Waals surface area contributed by atoms with Gasteiger partial charge in [0.1, 0.15) is 0 Å². The number of nitrogens with zero attached hydrogens (tertiary/aromatic N) is 1. The second-order valence-electron chi connectivity index (χ2n) is 6.33. The fourth-order valence-electron chi connectivity index (χ4n) is 3.43. The third kappa shape index (κ3) is 3.30. The molecule has 132 valence electrons. The summed E-state index contributed by atoms with van der Waals surface area (Å²) in [5, 5.41) is 10.3. The molecule has 27 heavy (non-hydrogen) atoms. The molecule has 0 aliphatic carbocycles. The van der Waals surface area contributed by atoms with E-state index in [1.165, 1.54) is 0 Å². The van der Waals surface area contributed by atoms with E-state index in [1.807, 2.05) is 84.9 Å². The topological polar surface area (TPSA) is 62.2 Å². The third-order valence-corrected chi connectivity index (χ3v) is 4.67. The van der Waals surface area contributed by atoms with Gasteiger partial charge in [-0.2, -0.15) is 0 Å². The lowest BCUT2D eigenvalue weighted by Crippen LogP contribution is -2.27. The molecule has 3 aromatic carbocycles. The number of hydrogen-bond donors (Lipinski definition) is 2. The number of para-hydroxylation sites is 1.